The number of aliphatic hydroxyl groups excluding tert-OH is 1. The maximum atomic E-state index is 10.9. The molecule has 1 N–H and O–H groups in total. The van der Waals surface area contributed by atoms with E-state index >= 15 is 0 Å². The third-order valence-electron chi connectivity index (χ3n) is 4.46. The number of piperidine rings is 1. The van der Waals surface area contributed by atoms with E-state index in [9.17, 15) is 5.11 Å². The van der Waals surface area contributed by atoms with Crippen LogP contribution in [0.1, 0.15) is 44.8 Å². The van der Waals surface area contributed by atoms with E-state index in [1.807, 2.05) is 18.2 Å². The Morgan fingerprint density at radius 1 is 1.25 bits per heavy atom. The van der Waals surface area contributed by atoms with Crippen LogP contribution < -0.4 is 4.74 Å². The Morgan fingerprint density at radius 3 is 2.65 bits per heavy atom. The summed E-state index contributed by atoms with van der Waals surface area (Å²) in [5, 5.41) is 11.5. The van der Waals surface area contributed by atoms with Crippen molar-refractivity contribution in [2.45, 2.75) is 50.9 Å². The quantitative estimate of drug-likeness (QED) is 0.862. The van der Waals surface area contributed by atoms with Crippen molar-refractivity contribution in [3.05, 3.63) is 28.8 Å². The molecule has 1 saturated heterocycles. The van der Waals surface area contributed by atoms with E-state index in [-0.39, 0.29) is 6.04 Å². The molecular formula is C16H22ClNO2. The molecule has 0 radical (unpaired) electrons. The van der Waals surface area contributed by atoms with Gasteiger partial charge in [-0.2, -0.15) is 0 Å². The monoisotopic (exact) mass is 295 g/mol. The third-order valence-corrected chi connectivity index (χ3v) is 4.69. The highest BCUT2D eigenvalue weighted by atomic mass is 35.5. The summed E-state index contributed by atoms with van der Waals surface area (Å²) in [6.45, 7) is 6.19. The standard InChI is InChI=1S/C16H22ClNO2/c1-16(2)15(18-8-4-3-5-9-18)14(19)12-10-11(17)6-7-13(12)20-16/h6-7,10,14-15,19H,3-5,8-9H2,1-2H3. The highest BCUT2D eigenvalue weighted by Crippen LogP contribution is 2.43. The molecule has 1 fully saturated rings. The first-order valence-corrected chi connectivity index (χ1v) is 7.77. The second kappa shape index (κ2) is 5.21. The first-order chi connectivity index (χ1) is 9.49. The number of nitrogens with zero attached hydrogens (tertiary/aromatic N) is 1. The second-order valence-electron chi connectivity index (χ2n) is 6.37. The maximum Gasteiger partial charge on any atom is 0.126 e. The topological polar surface area (TPSA) is 32.7 Å². The average Bonchev–Trinajstić information content (AvgIpc) is 2.40. The van der Waals surface area contributed by atoms with Gasteiger partial charge in [0.25, 0.3) is 0 Å². The fourth-order valence-electron chi connectivity index (χ4n) is 3.57. The van der Waals surface area contributed by atoms with Crippen LogP contribution in [0.3, 0.4) is 0 Å². The lowest BCUT2D eigenvalue weighted by molar-refractivity contribution is -0.0873. The minimum Gasteiger partial charge on any atom is -0.486 e. The van der Waals surface area contributed by atoms with Gasteiger partial charge < -0.3 is 9.84 Å². The van der Waals surface area contributed by atoms with E-state index < -0.39 is 11.7 Å². The van der Waals surface area contributed by atoms with E-state index in [2.05, 4.69) is 18.7 Å². The molecule has 1 aromatic rings. The summed E-state index contributed by atoms with van der Waals surface area (Å²) in [5.74, 6) is 0.750. The molecule has 3 nitrogen and oxygen atoms in total. The molecule has 3 rings (SSSR count). The van der Waals surface area contributed by atoms with Gasteiger partial charge in [0, 0.05) is 10.6 Å². The first-order valence-electron chi connectivity index (χ1n) is 7.39. The third kappa shape index (κ3) is 2.43. The Labute approximate surface area is 125 Å². The molecule has 4 heteroatoms. The summed E-state index contributed by atoms with van der Waals surface area (Å²) in [7, 11) is 0. The predicted octanol–water partition coefficient (Wildman–Crippen LogP) is 3.40. The number of fused-ring (bicyclic) bond motifs is 1. The van der Waals surface area contributed by atoms with Gasteiger partial charge in [-0.05, 0) is 58.0 Å². The lowest BCUT2D eigenvalue weighted by Crippen LogP contribution is -2.58. The van der Waals surface area contributed by atoms with Gasteiger partial charge >= 0.3 is 0 Å². The zero-order chi connectivity index (χ0) is 14.3. The Bertz CT molecular complexity index is 497. The van der Waals surface area contributed by atoms with Gasteiger partial charge in [0.1, 0.15) is 17.5 Å². The molecular weight excluding hydrogens is 274 g/mol. The summed E-state index contributed by atoms with van der Waals surface area (Å²) in [6, 6.07) is 5.47. The highest BCUT2D eigenvalue weighted by molar-refractivity contribution is 6.30. The van der Waals surface area contributed by atoms with Crippen molar-refractivity contribution in [1.29, 1.82) is 0 Å². The van der Waals surface area contributed by atoms with Gasteiger partial charge in [-0.25, -0.2) is 0 Å². The molecule has 2 atom stereocenters. The summed E-state index contributed by atoms with van der Waals surface area (Å²) >= 11 is 6.07. The summed E-state index contributed by atoms with van der Waals surface area (Å²) in [4.78, 5) is 2.37. The van der Waals surface area contributed by atoms with Crippen LogP contribution in [0.5, 0.6) is 5.75 Å². The van der Waals surface area contributed by atoms with Gasteiger partial charge in [-0.3, -0.25) is 4.90 Å². The number of hydrogen-bond acceptors (Lipinski definition) is 3. The number of rotatable bonds is 1. The van der Waals surface area contributed by atoms with Crippen LogP contribution in [-0.4, -0.2) is 34.7 Å². The van der Waals surface area contributed by atoms with Crippen LogP contribution in [0.2, 0.25) is 5.02 Å². The lowest BCUT2D eigenvalue weighted by atomic mass is 9.84. The molecule has 1 aromatic carbocycles. The minimum atomic E-state index is -0.550. The van der Waals surface area contributed by atoms with Crippen molar-refractivity contribution in [3.8, 4) is 5.75 Å². The summed E-state index contributed by atoms with van der Waals surface area (Å²) in [5.41, 5.74) is 0.407. The fourth-order valence-corrected chi connectivity index (χ4v) is 3.75. The minimum absolute atomic E-state index is 0.0197. The normalized spacial score (nSPS) is 29.6. The molecule has 0 amide bonds. The summed E-state index contributed by atoms with van der Waals surface area (Å²) < 4.78 is 6.15. The first kappa shape index (κ1) is 14.2. The molecule has 2 unspecified atom stereocenters. The molecule has 0 spiro atoms. The molecule has 0 saturated carbocycles. The van der Waals surface area contributed by atoms with Gasteiger partial charge in [0.15, 0.2) is 0 Å². The number of benzene rings is 1. The smallest absolute Gasteiger partial charge is 0.126 e. The lowest BCUT2D eigenvalue weighted by Gasteiger charge is -2.49. The molecule has 0 bridgehead atoms. The van der Waals surface area contributed by atoms with Crippen LogP contribution in [0.15, 0.2) is 18.2 Å². The zero-order valence-electron chi connectivity index (χ0n) is 12.1. The van der Waals surface area contributed by atoms with Crippen LogP contribution in [-0.2, 0) is 0 Å². The number of likely N-dealkylation sites (tertiary alicyclic amines) is 1. The van der Waals surface area contributed by atoms with Crippen molar-refractivity contribution in [2.75, 3.05) is 13.1 Å². The summed E-state index contributed by atoms with van der Waals surface area (Å²) in [6.07, 6.45) is 3.12. The van der Waals surface area contributed by atoms with Crippen LogP contribution in [0.25, 0.3) is 0 Å². The van der Waals surface area contributed by atoms with E-state index in [1.54, 1.807) is 0 Å². The van der Waals surface area contributed by atoms with Crippen LogP contribution in [0, 0.1) is 0 Å². The predicted molar refractivity (Wildman–Crippen MR) is 80.3 cm³/mol. The van der Waals surface area contributed by atoms with E-state index in [0.717, 1.165) is 24.4 Å². The SMILES string of the molecule is CC1(C)Oc2ccc(Cl)cc2C(O)C1N1CCCCC1. The Balaban J connectivity index is 1.97. The number of halogens is 1. The van der Waals surface area contributed by atoms with E-state index in [0.29, 0.717) is 5.02 Å². The fraction of sp³-hybridized carbons (Fsp3) is 0.625. The van der Waals surface area contributed by atoms with Gasteiger partial charge in [-0.15, -0.1) is 0 Å². The second-order valence-corrected chi connectivity index (χ2v) is 6.81. The average molecular weight is 296 g/mol. The number of aliphatic hydroxyl groups is 1. The van der Waals surface area contributed by atoms with Crippen molar-refractivity contribution in [1.82, 2.24) is 4.90 Å². The van der Waals surface area contributed by atoms with Crippen LogP contribution in [0.4, 0.5) is 0 Å². The maximum absolute atomic E-state index is 10.9. The van der Waals surface area contributed by atoms with E-state index in [4.69, 9.17) is 16.3 Å². The zero-order valence-corrected chi connectivity index (χ0v) is 12.9. The van der Waals surface area contributed by atoms with Gasteiger partial charge in [0.2, 0.25) is 0 Å². The molecule has 20 heavy (non-hydrogen) atoms. The molecule has 0 aromatic heterocycles. The Hall–Kier alpha value is -0.770. The van der Waals surface area contributed by atoms with E-state index in [1.165, 1.54) is 19.3 Å². The Kier molecular flexibility index (Phi) is 3.69. The molecule has 2 aliphatic rings. The Morgan fingerprint density at radius 2 is 1.95 bits per heavy atom. The highest BCUT2D eigenvalue weighted by Gasteiger charge is 2.46. The van der Waals surface area contributed by atoms with Gasteiger partial charge in [-0.1, -0.05) is 18.0 Å². The molecule has 0 aliphatic carbocycles. The van der Waals surface area contributed by atoms with Crippen molar-refractivity contribution < 1.29 is 9.84 Å². The number of hydrogen-bond donors (Lipinski definition) is 1. The van der Waals surface area contributed by atoms with Crippen LogP contribution >= 0.6 is 11.6 Å². The van der Waals surface area contributed by atoms with Crippen molar-refractivity contribution in [3.63, 3.8) is 0 Å². The number of ether oxygens (including phenoxy) is 1. The molecule has 110 valence electrons. The van der Waals surface area contributed by atoms with Crippen molar-refractivity contribution in [2.24, 2.45) is 0 Å². The van der Waals surface area contributed by atoms with Gasteiger partial charge in [0.05, 0.1) is 6.04 Å². The molecule has 2 aliphatic heterocycles. The molecule has 2 heterocycles. The largest absolute Gasteiger partial charge is 0.486 e. The van der Waals surface area contributed by atoms with Crippen molar-refractivity contribution >= 4 is 11.6 Å².